The molecular weight excluding hydrogens is 362 g/mol. The third-order valence-corrected chi connectivity index (χ3v) is 3.94. The van der Waals surface area contributed by atoms with Crippen LogP contribution < -0.4 is 5.32 Å². The smallest absolute Gasteiger partial charge is 0.292 e. The third kappa shape index (κ3) is 7.03. The van der Waals surface area contributed by atoms with Gasteiger partial charge in [0, 0.05) is 32.1 Å². The molecule has 1 fully saturated rings. The zero-order chi connectivity index (χ0) is 20.4. The van der Waals surface area contributed by atoms with Crippen molar-refractivity contribution in [3.05, 3.63) is 34.9 Å². The van der Waals surface area contributed by atoms with Gasteiger partial charge in [-0.25, -0.2) is 8.78 Å². The summed E-state index contributed by atoms with van der Waals surface area (Å²) in [6.07, 6.45) is 0.277. The van der Waals surface area contributed by atoms with E-state index in [-0.39, 0.29) is 18.1 Å². The summed E-state index contributed by atoms with van der Waals surface area (Å²) in [5.41, 5.74) is -0.752. The second-order valence-electron chi connectivity index (χ2n) is 5.94. The third-order valence-electron chi connectivity index (χ3n) is 3.94. The maximum Gasteiger partial charge on any atom is 0.292 e. The van der Waals surface area contributed by atoms with E-state index in [0.29, 0.717) is 26.0 Å². The molecule has 0 spiro atoms. The fourth-order valence-electron chi connectivity index (χ4n) is 2.57. The summed E-state index contributed by atoms with van der Waals surface area (Å²) in [5, 5.41) is 2.28. The summed E-state index contributed by atoms with van der Waals surface area (Å²) < 4.78 is 37.4. The molecule has 27 heavy (non-hydrogen) atoms. The van der Waals surface area contributed by atoms with Gasteiger partial charge in [0.2, 0.25) is 0 Å². The standard InChI is InChI=1S/C16H20F2N2O3.C2H4O2/c1-19-16(22)10-7-12(17)15(13(18)8-10)14(21)4-3-11-9-20(2)5-6-23-11;1-4-2-3/h7-8,11H,3-6,9H2,1-2H3,(H,19,22);2H,1H3. The molecule has 1 aromatic carbocycles. The molecule has 0 radical (unpaired) electrons. The van der Waals surface area contributed by atoms with Crippen molar-refractivity contribution >= 4 is 18.2 Å². The Hall–Kier alpha value is -2.39. The Morgan fingerprint density at radius 3 is 2.44 bits per heavy atom. The largest absolute Gasteiger partial charge is 0.471 e. The Kier molecular flexibility index (Phi) is 9.52. The monoisotopic (exact) mass is 386 g/mol. The van der Waals surface area contributed by atoms with Crippen molar-refractivity contribution in [1.82, 2.24) is 10.2 Å². The van der Waals surface area contributed by atoms with E-state index < -0.39 is 28.9 Å². The number of carbonyl (C=O) groups excluding carboxylic acids is 3. The molecule has 150 valence electrons. The van der Waals surface area contributed by atoms with Crippen LogP contribution in [0, 0.1) is 11.6 Å². The number of nitrogens with zero attached hydrogens (tertiary/aromatic N) is 1. The van der Waals surface area contributed by atoms with Gasteiger partial charge in [0.05, 0.1) is 25.4 Å². The molecule has 0 aliphatic carbocycles. The van der Waals surface area contributed by atoms with Gasteiger partial charge in [0.25, 0.3) is 12.4 Å². The van der Waals surface area contributed by atoms with Crippen LogP contribution in [0.25, 0.3) is 0 Å². The van der Waals surface area contributed by atoms with Gasteiger partial charge in [0.15, 0.2) is 5.78 Å². The first-order valence-electron chi connectivity index (χ1n) is 8.34. The van der Waals surface area contributed by atoms with Crippen molar-refractivity contribution in [1.29, 1.82) is 0 Å². The molecule has 1 aliphatic heterocycles. The van der Waals surface area contributed by atoms with Crippen molar-refractivity contribution in [2.75, 3.05) is 40.9 Å². The number of ether oxygens (including phenoxy) is 2. The Morgan fingerprint density at radius 1 is 1.37 bits per heavy atom. The minimum atomic E-state index is -1.02. The van der Waals surface area contributed by atoms with Crippen LogP contribution in [0.1, 0.15) is 33.6 Å². The zero-order valence-corrected chi connectivity index (χ0v) is 15.6. The second kappa shape index (κ2) is 11.3. The summed E-state index contributed by atoms with van der Waals surface area (Å²) in [6, 6.07) is 1.75. The van der Waals surface area contributed by atoms with Crippen LogP contribution in [0.15, 0.2) is 12.1 Å². The molecule has 0 bridgehead atoms. The number of ketones is 1. The Bertz CT molecular complexity index is 646. The predicted molar refractivity (Wildman–Crippen MR) is 93.6 cm³/mol. The van der Waals surface area contributed by atoms with Gasteiger partial charge < -0.3 is 19.7 Å². The number of likely N-dealkylation sites (N-methyl/N-ethyl adjacent to an activating group) is 1. The molecular formula is C18H24F2N2O5. The molecule has 1 aromatic rings. The lowest BCUT2D eigenvalue weighted by Crippen LogP contribution is -2.40. The number of hydrogen-bond acceptors (Lipinski definition) is 6. The maximum absolute atomic E-state index is 14.0. The van der Waals surface area contributed by atoms with E-state index >= 15 is 0 Å². The lowest BCUT2D eigenvalue weighted by Gasteiger charge is -2.29. The van der Waals surface area contributed by atoms with Crippen molar-refractivity contribution in [3.63, 3.8) is 0 Å². The predicted octanol–water partition coefficient (Wildman–Crippen LogP) is 1.41. The number of Topliss-reactive ketones (excluding diaryl/α,β-unsaturated/α-hetero) is 1. The number of halogens is 2. The van der Waals surface area contributed by atoms with E-state index in [9.17, 15) is 18.4 Å². The van der Waals surface area contributed by atoms with Gasteiger partial charge in [-0.2, -0.15) is 0 Å². The highest BCUT2D eigenvalue weighted by atomic mass is 19.1. The molecule has 1 N–H and O–H groups in total. The average Bonchev–Trinajstić information content (AvgIpc) is 2.65. The fraction of sp³-hybridized carbons (Fsp3) is 0.500. The highest BCUT2D eigenvalue weighted by molar-refractivity contribution is 5.99. The Labute approximate surface area is 156 Å². The van der Waals surface area contributed by atoms with Crippen LogP contribution in [-0.2, 0) is 14.3 Å². The highest BCUT2D eigenvalue weighted by Gasteiger charge is 2.23. The molecule has 9 heteroatoms. The number of benzene rings is 1. The van der Waals surface area contributed by atoms with Gasteiger partial charge in [-0.15, -0.1) is 0 Å². The van der Waals surface area contributed by atoms with Crippen LogP contribution in [0.5, 0.6) is 0 Å². The Balaban J connectivity index is 0.000000828. The van der Waals surface area contributed by atoms with Gasteiger partial charge in [-0.3, -0.25) is 14.4 Å². The van der Waals surface area contributed by atoms with E-state index in [1.807, 2.05) is 7.05 Å². The first kappa shape index (κ1) is 22.7. The molecule has 1 saturated heterocycles. The minimum absolute atomic E-state index is 0.00827. The van der Waals surface area contributed by atoms with Crippen molar-refractivity contribution in [2.24, 2.45) is 0 Å². The maximum atomic E-state index is 14.0. The molecule has 0 saturated carbocycles. The number of morpholine rings is 1. The zero-order valence-electron chi connectivity index (χ0n) is 15.6. The van der Waals surface area contributed by atoms with E-state index in [1.54, 1.807) is 0 Å². The van der Waals surface area contributed by atoms with Crippen molar-refractivity contribution in [3.8, 4) is 0 Å². The van der Waals surface area contributed by atoms with Crippen LogP contribution in [0.2, 0.25) is 0 Å². The number of nitrogens with one attached hydrogen (secondary N) is 1. The SMILES string of the molecule is CNC(=O)c1cc(F)c(C(=O)CCC2CN(C)CCO2)c(F)c1.COC=O. The quantitative estimate of drug-likeness (QED) is 0.588. The summed E-state index contributed by atoms with van der Waals surface area (Å²) >= 11 is 0. The molecule has 1 heterocycles. The van der Waals surface area contributed by atoms with Gasteiger partial charge in [0.1, 0.15) is 11.6 Å². The fourth-order valence-corrected chi connectivity index (χ4v) is 2.57. The van der Waals surface area contributed by atoms with Crippen LogP contribution in [-0.4, -0.2) is 70.1 Å². The first-order chi connectivity index (χ1) is 12.8. The summed E-state index contributed by atoms with van der Waals surface area (Å²) in [5.74, 6) is -3.27. The Morgan fingerprint density at radius 2 is 1.96 bits per heavy atom. The number of carbonyl (C=O) groups is 3. The van der Waals surface area contributed by atoms with Crippen LogP contribution in [0.4, 0.5) is 8.78 Å². The van der Waals surface area contributed by atoms with Crippen molar-refractivity contribution < 1.29 is 32.6 Å². The number of hydrogen-bond donors (Lipinski definition) is 1. The molecule has 1 aliphatic rings. The van der Waals surface area contributed by atoms with E-state index in [1.165, 1.54) is 14.2 Å². The lowest BCUT2D eigenvalue weighted by atomic mass is 10.0. The van der Waals surface area contributed by atoms with Crippen LogP contribution in [0.3, 0.4) is 0 Å². The molecule has 1 atom stereocenters. The average molecular weight is 386 g/mol. The topological polar surface area (TPSA) is 84.9 Å². The van der Waals surface area contributed by atoms with E-state index in [0.717, 1.165) is 18.7 Å². The number of methoxy groups -OCH3 is 1. The number of amides is 1. The second-order valence-corrected chi connectivity index (χ2v) is 5.94. The molecule has 1 unspecified atom stereocenters. The van der Waals surface area contributed by atoms with Gasteiger partial charge in [-0.05, 0) is 25.6 Å². The first-order valence-corrected chi connectivity index (χ1v) is 8.34. The normalized spacial score (nSPS) is 16.7. The lowest BCUT2D eigenvalue weighted by molar-refractivity contribution is -0.126. The van der Waals surface area contributed by atoms with E-state index in [2.05, 4.69) is 15.0 Å². The van der Waals surface area contributed by atoms with E-state index in [4.69, 9.17) is 9.53 Å². The van der Waals surface area contributed by atoms with Crippen LogP contribution >= 0.6 is 0 Å². The molecule has 1 amide bonds. The van der Waals surface area contributed by atoms with Gasteiger partial charge >= 0.3 is 0 Å². The summed E-state index contributed by atoms with van der Waals surface area (Å²) in [4.78, 5) is 34.6. The molecule has 7 nitrogen and oxygen atoms in total. The number of rotatable bonds is 6. The van der Waals surface area contributed by atoms with Crippen molar-refractivity contribution in [2.45, 2.75) is 18.9 Å². The minimum Gasteiger partial charge on any atom is -0.471 e. The summed E-state index contributed by atoms with van der Waals surface area (Å²) in [7, 11) is 4.62. The molecule has 2 rings (SSSR count). The highest BCUT2D eigenvalue weighted by Crippen LogP contribution is 2.19. The summed E-state index contributed by atoms with van der Waals surface area (Å²) in [6.45, 7) is 2.47. The molecule has 0 aromatic heterocycles. The van der Waals surface area contributed by atoms with Gasteiger partial charge in [-0.1, -0.05) is 0 Å².